The van der Waals surface area contributed by atoms with Crippen molar-refractivity contribution >= 4 is 11.8 Å². The van der Waals surface area contributed by atoms with Gasteiger partial charge in [0.1, 0.15) is 6.04 Å². The van der Waals surface area contributed by atoms with Crippen LogP contribution in [0.2, 0.25) is 0 Å². The summed E-state index contributed by atoms with van der Waals surface area (Å²) in [6.07, 6.45) is 5.50. The molecule has 6 nitrogen and oxygen atoms in total. The third-order valence-electron chi connectivity index (χ3n) is 5.73. The number of nitrogens with zero attached hydrogens (tertiary/aromatic N) is 1. The van der Waals surface area contributed by atoms with Crippen LogP contribution in [-0.2, 0) is 16.1 Å². The van der Waals surface area contributed by atoms with E-state index in [1.54, 1.807) is 31.1 Å². The third-order valence-corrected chi connectivity index (χ3v) is 5.73. The lowest BCUT2D eigenvalue weighted by Crippen LogP contribution is -2.51. The molecule has 1 aliphatic rings. The minimum Gasteiger partial charge on any atom is -0.493 e. The highest BCUT2D eigenvalue weighted by molar-refractivity contribution is 5.88. The van der Waals surface area contributed by atoms with Crippen molar-refractivity contribution in [2.24, 2.45) is 0 Å². The van der Waals surface area contributed by atoms with Crippen LogP contribution >= 0.6 is 0 Å². The van der Waals surface area contributed by atoms with E-state index in [-0.39, 0.29) is 24.5 Å². The van der Waals surface area contributed by atoms with Crippen molar-refractivity contribution in [1.82, 2.24) is 10.2 Å². The van der Waals surface area contributed by atoms with Gasteiger partial charge in [-0.15, -0.1) is 0 Å². The average molecular weight is 425 g/mol. The second-order valence-electron chi connectivity index (χ2n) is 7.97. The van der Waals surface area contributed by atoms with Crippen LogP contribution in [0.15, 0.2) is 54.6 Å². The molecule has 1 atom stereocenters. The van der Waals surface area contributed by atoms with E-state index in [1.807, 2.05) is 42.5 Å². The van der Waals surface area contributed by atoms with Gasteiger partial charge in [-0.1, -0.05) is 61.7 Å². The van der Waals surface area contributed by atoms with E-state index in [0.717, 1.165) is 31.2 Å². The summed E-state index contributed by atoms with van der Waals surface area (Å²) in [6.45, 7) is 1.95. The van der Waals surface area contributed by atoms with E-state index in [9.17, 15) is 9.59 Å². The fraction of sp³-hybridized carbons (Fsp3) is 0.440. The Labute approximate surface area is 184 Å². The molecule has 6 heteroatoms. The predicted octanol–water partition coefficient (Wildman–Crippen LogP) is 3.94. The summed E-state index contributed by atoms with van der Waals surface area (Å²) in [4.78, 5) is 27.7. The molecule has 0 spiro atoms. The Hall–Kier alpha value is -3.02. The molecule has 0 aliphatic heterocycles. The summed E-state index contributed by atoms with van der Waals surface area (Å²) in [6, 6.07) is 16.5. The van der Waals surface area contributed by atoms with E-state index >= 15 is 0 Å². The number of benzene rings is 2. The third kappa shape index (κ3) is 6.48. The Bertz CT molecular complexity index is 850. The quantitative estimate of drug-likeness (QED) is 0.662. The van der Waals surface area contributed by atoms with Gasteiger partial charge in [0.25, 0.3) is 5.91 Å². The lowest BCUT2D eigenvalue weighted by atomic mass is 9.95. The molecule has 2 aromatic carbocycles. The molecule has 1 N–H and O–H groups in total. The summed E-state index contributed by atoms with van der Waals surface area (Å²) in [7, 11) is 1.56. The van der Waals surface area contributed by atoms with E-state index in [4.69, 9.17) is 9.47 Å². The van der Waals surface area contributed by atoms with Crippen LogP contribution in [0.5, 0.6) is 11.5 Å². The van der Waals surface area contributed by atoms with E-state index in [2.05, 4.69) is 5.32 Å². The topological polar surface area (TPSA) is 67.9 Å². The van der Waals surface area contributed by atoms with Gasteiger partial charge in [-0.25, -0.2) is 0 Å². The van der Waals surface area contributed by atoms with Gasteiger partial charge in [-0.3, -0.25) is 9.59 Å². The largest absolute Gasteiger partial charge is 0.493 e. The molecular formula is C25H32N2O4. The number of rotatable bonds is 9. The number of amides is 2. The van der Waals surface area contributed by atoms with Gasteiger partial charge < -0.3 is 19.7 Å². The lowest BCUT2D eigenvalue weighted by molar-refractivity contribution is -0.142. The smallest absolute Gasteiger partial charge is 0.261 e. The van der Waals surface area contributed by atoms with Crippen LogP contribution in [0.25, 0.3) is 0 Å². The van der Waals surface area contributed by atoms with Crippen LogP contribution in [-0.4, -0.2) is 42.5 Å². The van der Waals surface area contributed by atoms with E-state index < -0.39 is 6.04 Å². The van der Waals surface area contributed by atoms with Crippen molar-refractivity contribution < 1.29 is 19.1 Å². The minimum absolute atomic E-state index is 0.117. The Kier molecular flexibility index (Phi) is 8.33. The van der Waals surface area contributed by atoms with Gasteiger partial charge in [0.05, 0.1) is 7.11 Å². The van der Waals surface area contributed by atoms with Gasteiger partial charge in [0, 0.05) is 12.6 Å². The first-order valence-corrected chi connectivity index (χ1v) is 11.0. The second-order valence-corrected chi connectivity index (χ2v) is 7.97. The van der Waals surface area contributed by atoms with Gasteiger partial charge >= 0.3 is 0 Å². The highest BCUT2D eigenvalue weighted by Crippen LogP contribution is 2.26. The molecule has 0 unspecified atom stereocenters. The molecule has 0 saturated heterocycles. The standard InChI is InChI=1S/C25H32N2O4/c1-19(25(29)26-21-13-7-4-8-14-21)27(17-20-11-5-3-6-12-20)24(28)18-31-23-16-10-9-15-22(23)30-2/h3,5-6,9-12,15-16,19,21H,4,7-8,13-14,17-18H2,1-2H3,(H,26,29)/t19-/m1/s1. The summed E-state index contributed by atoms with van der Waals surface area (Å²) in [5, 5.41) is 3.14. The van der Waals surface area contributed by atoms with Crippen LogP contribution in [0.1, 0.15) is 44.6 Å². The Morgan fingerprint density at radius 1 is 1.00 bits per heavy atom. The van der Waals surface area contributed by atoms with E-state index in [0.29, 0.717) is 18.0 Å². The van der Waals surface area contributed by atoms with Crippen LogP contribution in [0.4, 0.5) is 0 Å². The highest BCUT2D eigenvalue weighted by atomic mass is 16.5. The van der Waals surface area contributed by atoms with Crippen LogP contribution in [0.3, 0.4) is 0 Å². The number of ether oxygens (including phenoxy) is 2. The maximum Gasteiger partial charge on any atom is 0.261 e. The van der Waals surface area contributed by atoms with Gasteiger partial charge in [0.15, 0.2) is 18.1 Å². The molecule has 3 rings (SSSR count). The molecule has 2 aromatic rings. The van der Waals surface area contributed by atoms with Crippen molar-refractivity contribution in [2.45, 2.75) is 57.7 Å². The average Bonchev–Trinajstić information content (AvgIpc) is 2.82. The Balaban J connectivity index is 1.70. The first-order valence-electron chi connectivity index (χ1n) is 11.0. The normalized spacial score (nSPS) is 15.0. The SMILES string of the molecule is COc1ccccc1OCC(=O)N(Cc1ccccc1)[C@H](C)C(=O)NC1CCCCC1. The summed E-state index contributed by atoms with van der Waals surface area (Å²) in [5.74, 6) is 0.694. The minimum atomic E-state index is -0.601. The van der Waals surface area contributed by atoms with Gasteiger partial charge in [-0.2, -0.15) is 0 Å². The van der Waals surface area contributed by atoms with Gasteiger partial charge in [-0.05, 0) is 37.5 Å². The van der Waals surface area contributed by atoms with Crippen molar-refractivity contribution in [2.75, 3.05) is 13.7 Å². The molecule has 0 radical (unpaired) electrons. The zero-order valence-electron chi connectivity index (χ0n) is 18.4. The highest BCUT2D eigenvalue weighted by Gasteiger charge is 2.28. The molecule has 31 heavy (non-hydrogen) atoms. The molecule has 1 saturated carbocycles. The first kappa shape index (κ1) is 22.7. The number of carbonyl (C=O) groups is 2. The fourth-order valence-electron chi connectivity index (χ4n) is 3.89. The van der Waals surface area contributed by atoms with Crippen molar-refractivity contribution in [3.05, 3.63) is 60.2 Å². The second kappa shape index (κ2) is 11.4. The van der Waals surface area contributed by atoms with Crippen molar-refractivity contribution in [3.8, 4) is 11.5 Å². The van der Waals surface area contributed by atoms with E-state index in [1.165, 1.54) is 6.42 Å². The molecule has 0 bridgehead atoms. The lowest BCUT2D eigenvalue weighted by Gasteiger charge is -2.31. The van der Waals surface area contributed by atoms with Crippen molar-refractivity contribution in [3.63, 3.8) is 0 Å². The monoisotopic (exact) mass is 424 g/mol. The molecule has 0 aromatic heterocycles. The zero-order chi connectivity index (χ0) is 22.1. The maximum absolute atomic E-state index is 13.1. The van der Waals surface area contributed by atoms with Crippen molar-refractivity contribution in [1.29, 1.82) is 0 Å². The molecule has 2 amide bonds. The Morgan fingerprint density at radius 3 is 2.32 bits per heavy atom. The molecule has 0 heterocycles. The maximum atomic E-state index is 13.1. The van der Waals surface area contributed by atoms with Crippen LogP contribution in [0, 0.1) is 0 Å². The number of nitrogens with one attached hydrogen (secondary N) is 1. The Morgan fingerprint density at radius 2 is 1.65 bits per heavy atom. The molecular weight excluding hydrogens is 392 g/mol. The molecule has 1 aliphatic carbocycles. The summed E-state index contributed by atoms with van der Waals surface area (Å²) < 4.78 is 11.0. The molecule has 1 fully saturated rings. The number of methoxy groups -OCH3 is 1. The fourth-order valence-corrected chi connectivity index (χ4v) is 3.89. The van der Waals surface area contributed by atoms with Crippen LogP contribution < -0.4 is 14.8 Å². The predicted molar refractivity (Wildman–Crippen MR) is 120 cm³/mol. The number of hydrogen-bond acceptors (Lipinski definition) is 4. The summed E-state index contributed by atoms with van der Waals surface area (Å²) >= 11 is 0. The number of para-hydroxylation sites is 2. The zero-order valence-corrected chi connectivity index (χ0v) is 18.4. The molecule has 166 valence electrons. The van der Waals surface area contributed by atoms with Gasteiger partial charge in [0.2, 0.25) is 5.91 Å². The number of hydrogen-bond donors (Lipinski definition) is 1. The summed E-state index contributed by atoms with van der Waals surface area (Å²) in [5.41, 5.74) is 0.963. The first-order chi connectivity index (χ1) is 15.1. The number of carbonyl (C=O) groups excluding carboxylic acids is 2.